The van der Waals surface area contributed by atoms with Crippen LogP contribution in [0.3, 0.4) is 0 Å². The Morgan fingerprint density at radius 3 is 2.85 bits per heavy atom. The van der Waals surface area contributed by atoms with Crippen LogP contribution in [-0.2, 0) is 9.84 Å². The topological polar surface area (TPSA) is 85.1 Å². The lowest BCUT2D eigenvalue weighted by Gasteiger charge is -2.10. The molecule has 2 aromatic rings. The zero-order valence-electron chi connectivity index (χ0n) is 11.1. The maximum Gasteiger partial charge on any atom is 0.147 e. The molecule has 0 fully saturated rings. The van der Waals surface area contributed by atoms with Crippen molar-refractivity contribution in [2.75, 3.05) is 29.6 Å². The first-order valence-corrected chi connectivity index (χ1v) is 8.97. The van der Waals surface area contributed by atoms with E-state index in [1.807, 2.05) is 18.2 Å². The van der Waals surface area contributed by atoms with Crippen LogP contribution in [0.15, 0.2) is 28.9 Å². The molecule has 0 aliphatic heterocycles. The summed E-state index contributed by atoms with van der Waals surface area (Å²) in [5.41, 5.74) is 8.24. The van der Waals surface area contributed by atoms with Crippen LogP contribution in [-0.4, -0.2) is 32.0 Å². The van der Waals surface area contributed by atoms with Gasteiger partial charge >= 0.3 is 0 Å². The number of halogens is 1. The highest BCUT2D eigenvalue weighted by Crippen LogP contribution is 2.28. The van der Waals surface area contributed by atoms with Gasteiger partial charge in [-0.1, -0.05) is 0 Å². The van der Waals surface area contributed by atoms with E-state index in [4.69, 9.17) is 5.73 Å². The van der Waals surface area contributed by atoms with Crippen molar-refractivity contribution in [3.05, 3.63) is 28.9 Å². The number of aromatic nitrogens is 1. The summed E-state index contributed by atoms with van der Waals surface area (Å²) < 4.78 is 23.0. The summed E-state index contributed by atoms with van der Waals surface area (Å²) in [6.07, 6.45) is 3.51. The van der Waals surface area contributed by atoms with Crippen LogP contribution >= 0.6 is 15.9 Å². The number of nitrogens with zero attached hydrogens (tertiary/aromatic N) is 1. The molecule has 108 valence electrons. The second kappa shape index (κ2) is 5.97. The Bertz CT molecular complexity index is 732. The zero-order valence-corrected chi connectivity index (χ0v) is 13.5. The Kier molecular flexibility index (Phi) is 4.49. The summed E-state index contributed by atoms with van der Waals surface area (Å²) in [4.78, 5) is 4.36. The zero-order chi connectivity index (χ0) is 14.8. The first kappa shape index (κ1) is 15.1. The van der Waals surface area contributed by atoms with Gasteiger partial charge in [0.2, 0.25) is 0 Å². The molecule has 1 heterocycles. The molecule has 5 nitrogen and oxygen atoms in total. The average Bonchev–Trinajstić information content (AvgIpc) is 2.36. The monoisotopic (exact) mass is 357 g/mol. The SMILES string of the molecule is CS(=O)(=O)CCCNc1ccc(N)c2cc(Br)cnc12. The Hall–Kier alpha value is -1.34. The number of hydrogen-bond acceptors (Lipinski definition) is 5. The number of fused-ring (bicyclic) bond motifs is 1. The highest BCUT2D eigenvalue weighted by atomic mass is 79.9. The van der Waals surface area contributed by atoms with E-state index in [0.717, 1.165) is 21.1 Å². The van der Waals surface area contributed by atoms with Gasteiger partial charge in [-0.25, -0.2) is 8.42 Å². The molecular formula is C13H16BrN3O2S. The van der Waals surface area contributed by atoms with E-state index >= 15 is 0 Å². The normalized spacial score (nSPS) is 11.7. The largest absolute Gasteiger partial charge is 0.398 e. The highest BCUT2D eigenvalue weighted by molar-refractivity contribution is 9.10. The second-order valence-electron chi connectivity index (χ2n) is 4.66. The van der Waals surface area contributed by atoms with E-state index in [1.165, 1.54) is 6.26 Å². The lowest BCUT2D eigenvalue weighted by molar-refractivity contribution is 0.600. The molecule has 1 aromatic carbocycles. The molecule has 3 N–H and O–H groups in total. The molecule has 7 heteroatoms. The second-order valence-corrected chi connectivity index (χ2v) is 7.84. The first-order valence-electron chi connectivity index (χ1n) is 6.12. The summed E-state index contributed by atoms with van der Waals surface area (Å²) in [5.74, 6) is 0.173. The van der Waals surface area contributed by atoms with Crippen LogP contribution in [0.1, 0.15) is 6.42 Å². The molecule has 1 aromatic heterocycles. The van der Waals surface area contributed by atoms with Crippen molar-refractivity contribution in [1.29, 1.82) is 0 Å². The van der Waals surface area contributed by atoms with Crippen molar-refractivity contribution in [1.82, 2.24) is 4.98 Å². The van der Waals surface area contributed by atoms with Crippen molar-refractivity contribution >= 4 is 48.0 Å². The van der Waals surface area contributed by atoms with Gasteiger partial charge in [0.05, 0.1) is 17.0 Å². The summed E-state index contributed by atoms with van der Waals surface area (Å²) in [7, 11) is -2.92. The van der Waals surface area contributed by atoms with Gasteiger partial charge in [0.1, 0.15) is 9.84 Å². The molecule has 2 rings (SSSR count). The number of hydrogen-bond donors (Lipinski definition) is 2. The maximum atomic E-state index is 11.1. The number of nitrogens with one attached hydrogen (secondary N) is 1. The fraction of sp³-hybridized carbons (Fsp3) is 0.308. The summed E-state index contributed by atoms with van der Waals surface area (Å²) in [6, 6.07) is 5.59. The van der Waals surface area contributed by atoms with Gasteiger partial charge in [-0.3, -0.25) is 4.98 Å². The van der Waals surface area contributed by atoms with Gasteiger partial charge in [-0.05, 0) is 40.5 Å². The Balaban J connectivity index is 2.17. The van der Waals surface area contributed by atoms with Gasteiger partial charge in [-0.15, -0.1) is 0 Å². The predicted octanol–water partition coefficient (Wildman–Crippen LogP) is 2.43. The molecule has 0 aliphatic rings. The van der Waals surface area contributed by atoms with Crippen LogP contribution in [0, 0.1) is 0 Å². The van der Waals surface area contributed by atoms with Crippen LogP contribution in [0.5, 0.6) is 0 Å². The van der Waals surface area contributed by atoms with Crippen molar-refractivity contribution in [3.63, 3.8) is 0 Å². The van der Waals surface area contributed by atoms with Crippen molar-refractivity contribution < 1.29 is 8.42 Å². The fourth-order valence-electron chi connectivity index (χ4n) is 1.92. The van der Waals surface area contributed by atoms with Gasteiger partial charge in [0, 0.05) is 34.5 Å². The van der Waals surface area contributed by atoms with Crippen molar-refractivity contribution in [3.8, 4) is 0 Å². The molecule has 0 bridgehead atoms. The lowest BCUT2D eigenvalue weighted by Crippen LogP contribution is -2.10. The van der Waals surface area contributed by atoms with Crippen molar-refractivity contribution in [2.24, 2.45) is 0 Å². The Morgan fingerprint density at radius 2 is 2.15 bits per heavy atom. The molecule has 0 aliphatic carbocycles. The molecule has 0 amide bonds. The summed E-state index contributed by atoms with van der Waals surface area (Å²) in [5, 5.41) is 4.08. The third-order valence-corrected chi connectivity index (χ3v) is 4.32. The molecule has 0 saturated carbocycles. The molecular weight excluding hydrogens is 342 g/mol. The molecule has 0 unspecified atom stereocenters. The molecule has 0 spiro atoms. The predicted molar refractivity (Wildman–Crippen MR) is 86.7 cm³/mol. The number of nitrogens with two attached hydrogens (primary N) is 1. The number of sulfone groups is 1. The lowest BCUT2D eigenvalue weighted by atomic mass is 10.1. The van der Waals surface area contributed by atoms with E-state index in [9.17, 15) is 8.42 Å². The molecule has 0 atom stereocenters. The standard InChI is InChI=1S/C13H16BrN3O2S/c1-20(18,19)6-2-5-16-12-4-3-11(15)10-7-9(14)8-17-13(10)12/h3-4,7-8,16H,2,5-6,15H2,1H3. The van der Waals surface area contributed by atoms with E-state index in [1.54, 1.807) is 6.20 Å². The summed E-state index contributed by atoms with van der Waals surface area (Å²) in [6.45, 7) is 0.573. The van der Waals surface area contributed by atoms with Gasteiger partial charge in [0.15, 0.2) is 0 Å². The first-order chi connectivity index (χ1) is 9.37. The number of pyridine rings is 1. The maximum absolute atomic E-state index is 11.1. The number of anilines is 2. The minimum Gasteiger partial charge on any atom is -0.398 e. The van der Waals surface area contributed by atoms with E-state index in [0.29, 0.717) is 18.7 Å². The van der Waals surface area contributed by atoms with Crippen LogP contribution in [0.25, 0.3) is 10.9 Å². The van der Waals surface area contributed by atoms with Crippen LogP contribution in [0.4, 0.5) is 11.4 Å². The minimum atomic E-state index is -2.92. The van der Waals surface area contributed by atoms with E-state index in [-0.39, 0.29) is 5.75 Å². The molecule has 0 saturated heterocycles. The smallest absolute Gasteiger partial charge is 0.147 e. The van der Waals surface area contributed by atoms with Gasteiger partial charge in [-0.2, -0.15) is 0 Å². The third-order valence-electron chi connectivity index (χ3n) is 2.86. The van der Waals surface area contributed by atoms with E-state index < -0.39 is 9.84 Å². The van der Waals surface area contributed by atoms with Crippen LogP contribution < -0.4 is 11.1 Å². The Labute approximate surface area is 126 Å². The van der Waals surface area contributed by atoms with Crippen molar-refractivity contribution in [2.45, 2.75) is 6.42 Å². The average molecular weight is 358 g/mol. The molecule has 0 radical (unpaired) electrons. The number of nitrogen functional groups attached to an aromatic ring is 1. The summed E-state index contributed by atoms with van der Waals surface area (Å²) >= 11 is 3.37. The highest BCUT2D eigenvalue weighted by Gasteiger charge is 2.07. The Morgan fingerprint density at radius 1 is 1.40 bits per heavy atom. The third kappa shape index (κ3) is 3.83. The number of benzene rings is 1. The quantitative estimate of drug-likeness (QED) is 0.633. The molecule has 20 heavy (non-hydrogen) atoms. The van der Waals surface area contributed by atoms with Gasteiger partial charge < -0.3 is 11.1 Å². The van der Waals surface area contributed by atoms with E-state index in [2.05, 4.69) is 26.2 Å². The van der Waals surface area contributed by atoms with Gasteiger partial charge in [0.25, 0.3) is 0 Å². The minimum absolute atomic E-state index is 0.173. The fourth-order valence-corrected chi connectivity index (χ4v) is 2.92. The number of rotatable bonds is 5. The van der Waals surface area contributed by atoms with Crippen LogP contribution in [0.2, 0.25) is 0 Å².